The predicted octanol–water partition coefficient (Wildman–Crippen LogP) is 0.227. The van der Waals surface area contributed by atoms with Gasteiger partial charge in [-0.25, -0.2) is 12.7 Å². The number of carbonyl (C=O) groups is 2. The maximum Gasteiger partial charge on any atom is 0.323 e. The number of hydrogen-bond acceptors (Lipinski definition) is 4. The van der Waals surface area contributed by atoms with Crippen molar-refractivity contribution in [1.29, 1.82) is 0 Å². The van der Waals surface area contributed by atoms with Crippen LogP contribution >= 0.6 is 0 Å². The van der Waals surface area contributed by atoms with E-state index in [1.807, 2.05) is 13.8 Å². The fourth-order valence-corrected chi connectivity index (χ4v) is 3.40. The van der Waals surface area contributed by atoms with Gasteiger partial charge in [0.05, 0.1) is 6.26 Å². The molecule has 0 spiro atoms. The Kier molecular flexibility index (Phi) is 6.15. The van der Waals surface area contributed by atoms with Crippen LogP contribution in [0.25, 0.3) is 0 Å². The number of carboxylic acid groups (broad SMARTS) is 1. The van der Waals surface area contributed by atoms with Crippen LogP contribution < -0.4 is 0 Å². The van der Waals surface area contributed by atoms with E-state index in [0.717, 1.165) is 6.26 Å². The van der Waals surface area contributed by atoms with Crippen LogP contribution in [0.5, 0.6) is 0 Å². The Balaban J connectivity index is 2.67. The number of nitrogens with zero attached hydrogens (tertiary/aromatic N) is 2. The van der Waals surface area contributed by atoms with Crippen molar-refractivity contribution in [2.45, 2.75) is 26.7 Å². The maximum absolute atomic E-state index is 12.4. The number of carboxylic acids is 1. The summed E-state index contributed by atoms with van der Waals surface area (Å²) in [6.45, 7) is 4.58. The van der Waals surface area contributed by atoms with Gasteiger partial charge in [-0.05, 0) is 18.8 Å². The zero-order valence-corrected chi connectivity index (χ0v) is 13.6. The Morgan fingerprint density at radius 1 is 1.29 bits per heavy atom. The molecule has 0 radical (unpaired) electrons. The molecular weight excluding hydrogens is 296 g/mol. The quantitative estimate of drug-likeness (QED) is 0.756. The van der Waals surface area contributed by atoms with Gasteiger partial charge in [-0.2, -0.15) is 0 Å². The summed E-state index contributed by atoms with van der Waals surface area (Å²) in [6.07, 6.45) is 2.05. The van der Waals surface area contributed by atoms with Crippen LogP contribution in [-0.4, -0.2) is 67.0 Å². The van der Waals surface area contributed by atoms with Gasteiger partial charge < -0.3 is 10.0 Å². The lowest BCUT2D eigenvalue weighted by Crippen LogP contribution is -2.46. The van der Waals surface area contributed by atoms with Gasteiger partial charge in [-0.3, -0.25) is 9.59 Å². The molecule has 0 bridgehead atoms. The second-order valence-corrected chi connectivity index (χ2v) is 7.93. The molecule has 0 aromatic heterocycles. The molecule has 1 heterocycles. The minimum atomic E-state index is -3.22. The number of aliphatic carboxylic acids is 1. The van der Waals surface area contributed by atoms with Gasteiger partial charge in [0.2, 0.25) is 15.9 Å². The number of hydrogen-bond donors (Lipinski definition) is 1. The SMILES string of the molecule is CC(C)CN(CC(=O)O)C(=O)C1CCN(S(C)(=O)=O)CC1. The summed E-state index contributed by atoms with van der Waals surface area (Å²) in [5, 5.41) is 8.91. The summed E-state index contributed by atoms with van der Waals surface area (Å²) >= 11 is 0. The van der Waals surface area contributed by atoms with Crippen LogP contribution in [0.2, 0.25) is 0 Å². The lowest BCUT2D eigenvalue weighted by atomic mass is 9.96. The van der Waals surface area contributed by atoms with Crippen LogP contribution in [-0.2, 0) is 19.6 Å². The van der Waals surface area contributed by atoms with Crippen LogP contribution in [0.1, 0.15) is 26.7 Å². The normalized spacial score (nSPS) is 17.9. The van der Waals surface area contributed by atoms with Crippen LogP contribution in [0, 0.1) is 11.8 Å². The Bertz CT molecular complexity index is 481. The third kappa shape index (κ3) is 5.62. The van der Waals surface area contributed by atoms with Gasteiger partial charge in [0, 0.05) is 25.6 Å². The van der Waals surface area contributed by atoms with E-state index in [2.05, 4.69) is 0 Å². The topological polar surface area (TPSA) is 95.0 Å². The van der Waals surface area contributed by atoms with Gasteiger partial charge in [0.25, 0.3) is 0 Å². The molecule has 1 fully saturated rings. The van der Waals surface area contributed by atoms with Crippen LogP contribution in [0.4, 0.5) is 0 Å². The minimum Gasteiger partial charge on any atom is -0.480 e. The molecule has 1 aliphatic rings. The van der Waals surface area contributed by atoms with Crippen LogP contribution in [0.3, 0.4) is 0 Å². The molecule has 1 aliphatic heterocycles. The fraction of sp³-hybridized carbons (Fsp3) is 0.846. The molecule has 1 saturated heterocycles. The first-order valence-corrected chi connectivity index (χ1v) is 8.91. The number of carbonyl (C=O) groups excluding carboxylic acids is 1. The summed E-state index contributed by atoms with van der Waals surface area (Å²) in [7, 11) is -3.22. The first-order chi connectivity index (χ1) is 9.61. The van der Waals surface area contributed by atoms with Gasteiger partial charge in [-0.15, -0.1) is 0 Å². The van der Waals surface area contributed by atoms with Crippen molar-refractivity contribution in [3.05, 3.63) is 0 Å². The van der Waals surface area contributed by atoms with E-state index < -0.39 is 16.0 Å². The minimum absolute atomic E-state index is 0.181. The molecule has 0 saturated carbocycles. The molecule has 0 atom stereocenters. The van der Waals surface area contributed by atoms with E-state index in [1.165, 1.54) is 9.21 Å². The number of amides is 1. The second-order valence-electron chi connectivity index (χ2n) is 5.94. The number of rotatable bonds is 6. The summed E-state index contributed by atoms with van der Waals surface area (Å²) in [4.78, 5) is 24.7. The van der Waals surface area contributed by atoms with Crippen molar-refractivity contribution < 1.29 is 23.1 Å². The average Bonchev–Trinajstić information content (AvgIpc) is 2.35. The zero-order chi connectivity index (χ0) is 16.2. The highest BCUT2D eigenvalue weighted by molar-refractivity contribution is 7.88. The third-order valence-electron chi connectivity index (χ3n) is 3.50. The molecule has 1 rings (SSSR count). The molecule has 0 aromatic carbocycles. The van der Waals surface area contributed by atoms with Crippen molar-refractivity contribution in [3.63, 3.8) is 0 Å². The summed E-state index contributed by atoms with van der Waals surface area (Å²) in [5.74, 6) is -1.32. The largest absolute Gasteiger partial charge is 0.480 e. The molecular formula is C13H24N2O5S. The average molecular weight is 320 g/mol. The highest BCUT2D eigenvalue weighted by atomic mass is 32.2. The Morgan fingerprint density at radius 2 is 1.81 bits per heavy atom. The Labute approximate surface area is 126 Å². The molecule has 21 heavy (non-hydrogen) atoms. The molecule has 7 nitrogen and oxygen atoms in total. The smallest absolute Gasteiger partial charge is 0.323 e. The van der Waals surface area contributed by atoms with Crippen molar-refractivity contribution in [2.24, 2.45) is 11.8 Å². The summed E-state index contributed by atoms with van der Waals surface area (Å²) in [6, 6.07) is 0. The van der Waals surface area contributed by atoms with E-state index >= 15 is 0 Å². The highest BCUT2D eigenvalue weighted by Crippen LogP contribution is 2.21. The first kappa shape index (κ1) is 17.9. The first-order valence-electron chi connectivity index (χ1n) is 7.07. The standard InChI is InChI=1S/C13H24N2O5S/c1-10(2)8-14(9-12(16)17)13(18)11-4-6-15(7-5-11)21(3,19)20/h10-11H,4-9H2,1-3H3,(H,16,17). The van der Waals surface area contributed by atoms with Gasteiger partial charge >= 0.3 is 5.97 Å². The van der Waals surface area contributed by atoms with E-state index in [0.29, 0.717) is 32.5 Å². The van der Waals surface area contributed by atoms with Crippen molar-refractivity contribution >= 4 is 21.9 Å². The molecule has 0 aromatic rings. The van der Waals surface area contributed by atoms with Gasteiger partial charge in [0.15, 0.2) is 0 Å². The fourth-order valence-electron chi connectivity index (χ4n) is 2.53. The maximum atomic E-state index is 12.4. The van der Waals surface area contributed by atoms with E-state index in [4.69, 9.17) is 5.11 Å². The molecule has 0 unspecified atom stereocenters. The van der Waals surface area contributed by atoms with Crippen molar-refractivity contribution in [1.82, 2.24) is 9.21 Å². The number of piperidine rings is 1. The van der Waals surface area contributed by atoms with Crippen molar-refractivity contribution in [2.75, 3.05) is 32.4 Å². The monoisotopic (exact) mass is 320 g/mol. The molecule has 122 valence electrons. The van der Waals surface area contributed by atoms with Gasteiger partial charge in [0.1, 0.15) is 6.54 Å². The molecule has 0 aliphatic carbocycles. The van der Waals surface area contributed by atoms with Crippen LogP contribution in [0.15, 0.2) is 0 Å². The summed E-state index contributed by atoms with van der Waals surface area (Å²) in [5.41, 5.74) is 0. The number of sulfonamides is 1. The van der Waals surface area contributed by atoms with Gasteiger partial charge in [-0.1, -0.05) is 13.8 Å². The van der Waals surface area contributed by atoms with E-state index in [1.54, 1.807) is 0 Å². The molecule has 8 heteroatoms. The molecule has 1 amide bonds. The Morgan fingerprint density at radius 3 is 2.19 bits per heavy atom. The lowest BCUT2D eigenvalue weighted by Gasteiger charge is -2.33. The van der Waals surface area contributed by atoms with E-state index in [-0.39, 0.29) is 24.3 Å². The summed E-state index contributed by atoms with van der Waals surface area (Å²) < 4.78 is 24.2. The molecule has 1 N–H and O–H groups in total. The highest BCUT2D eigenvalue weighted by Gasteiger charge is 2.32. The Hall–Kier alpha value is -1.15. The van der Waals surface area contributed by atoms with Crippen molar-refractivity contribution in [3.8, 4) is 0 Å². The third-order valence-corrected chi connectivity index (χ3v) is 4.80. The lowest BCUT2D eigenvalue weighted by molar-refractivity contribution is -0.147. The zero-order valence-electron chi connectivity index (χ0n) is 12.8. The van der Waals surface area contributed by atoms with E-state index in [9.17, 15) is 18.0 Å². The second kappa shape index (κ2) is 7.22. The predicted molar refractivity (Wildman–Crippen MR) is 78.2 cm³/mol.